The van der Waals surface area contributed by atoms with E-state index in [1.54, 1.807) is 31.0 Å². The largest absolute Gasteiger partial charge is 0.353 e. The number of hydrogen-bond donors (Lipinski definition) is 3. The van der Waals surface area contributed by atoms with Crippen molar-refractivity contribution in [2.45, 2.75) is 6.42 Å². The van der Waals surface area contributed by atoms with Crippen LogP contribution in [0, 0.1) is 0 Å². The molecule has 0 aliphatic rings. The number of amides is 1. The number of nitrogens with one attached hydrogen (secondary N) is 3. The van der Waals surface area contributed by atoms with Gasteiger partial charge in [0, 0.05) is 52.2 Å². The third kappa shape index (κ3) is 4.48. The van der Waals surface area contributed by atoms with Crippen LogP contribution < -0.4 is 5.32 Å². The van der Waals surface area contributed by atoms with Crippen LogP contribution in [0.3, 0.4) is 0 Å². The van der Waals surface area contributed by atoms with Crippen LogP contribution in [0.5, 0.6) is 0 Å². The number of hydrogen-bond acceptors (Lipinski definition) is 5. The third-order valence-corrected chi connectivity index (χ3v) is 6.90. The minimum atomic E-state index is -0.0965. The maximum absolute atomic E-state index is 12.6. The number of benzene rings is 2. The number of carbonyl (C=O) groups excluding carboxylic acids is 1. The van der Waals surface area contributed by atoms with E-state index >= 15 is 0 Å². The summed E-state index contributed by atoms with van der Waals surface area (Å²) in [6.07, 6.45) is 9.08. The maximum Gasteiger partial charge on any atom is 0.228 e. The molecule has 8 heteroatoms. The molecule has 0 bridgehead atoms. The summed E-state index contributed by atoms with van der Waals surface area (Å²) in [7, 11) is 0. The molecular weight excluding hydrogens is 498 g/mol. The molecule has 3 N–H and O–H groups in total. The van der Waals surface area contributed by atoms with E-state index in [0.717, 1.165) is 55.5 Å². The van der Waals surface area contributed by atoms with Crippen molar-refractivity contribution in [2.24, 2.45) is 0 Å². The van der Waals surface area contributed by atoms with E-state index in [1.165, 1.54) is 0 Å². The number of anilines is 1. The van der Waals surface area contributed by atoms with Gasteiger partial charge in [0.1, 0.15) is 0 Å². The molecule has 7 rings (SSSR count). The Morgan fingerprint density at radius 3 is 2.50 bits per heavy atom. The fourth-order valence-corrected chi connectivity index (χ4v) is 4.99. The normalized spacial score (nSPS) is 11.2. The molecule has 0 fully saturated rings. The zero-order valence-electron chi connectivity index (χ0n) is 21.3. The van der Waals surface area contributed by atoms with Gasteiger partial charge in [-0.25, -0.2) is 4.98 Å². The average molecular weight is 522 g/mol. The second-order valence-corrected chi connectivity index (χ2v) is 9.55. The Morgan fingerprint density at radius 2 is 1.62 bits per heavy atom. The topological polar surface area (TPSA) is 112 Å². The first kappa shape index (κ1) is 23.5. The van der Waals surface area contributed by atoms with Crippen LogP contribution in [-0.2, 0) is 11.2 Å². The predicted molar refractivity (Wildman–Crippen MR) is 156 cm³/mol. The molecule has 0 aliphatic heterocycles. The van der Waals surface area contributed by atoms with Crippen molar-refractivity contribution in [2.75, 3.05) is 5.32 Å². The number of carbonyl (C=O) groups is 1. The Kier molecular flexibility index (Phi) is 5.82. The summed E-state index contributed by atoms with van der Waals surface area (Å²) >= 11 is 0. The molecular formula is C32H23N7O. The quantitative estimate of drug-likeness (QED) is 0.234. The van der Waals surface area contributed by atoms with E-state index in [1.807, 2.05) is 60.7 Å². The Labute approximate surface area is 229 Å². The van der Waals surface area contributed by atoms with Gasteiger partial charge in [0.05, 0.1) is 29.7 Å². The molecule has 5 aromatic heterocycles. The molecule has 8 nitrogen and oxygen atoms in total. The lowest BCUT2D eigenvalue weighted by molar-refractivity contribution is -0.115. The fraction of sp³-hybridized carbons (Fsp3) is 0.0312. The highest BCUT2D eigenvalue weighted by atomic mass is 16.1. The van der Waals surface area contributed by atoms with E-state index < -0.39 is 0 Å². The third-order valence-electron chi connectivity index (χ3n) is 6.90. The van der Waals surface area contributed by atoms with Gasteiger partial charge in [0.25, 0.3) is 0 Å². The maximum atomic E-state index is 12.6. The van der Waals surface area contributed by atoms with Crippen molar-refractivity contribution in [3.63, 3.8) is 0 Å². The van der Waals surface area contributed by atoms with Gasteiger partial charge in [0.2, 0.25) is 5.91 Å². The van der Waals surface area contributed by atoms with Crippen LogP contribution in [0.1, 0.15) is 5.56 Å². The first-order chi connectivity index (χ1) is 19.7. The fourth-order valence-electron chi connectivity index (χ4n) is 4.99. The molecule has 40 heavy (non-hydrogen) atoms. The van der Waals surface area contributed by atoms with Crippen LogP contribution in [0.2, 0.25) is 0 Å². The van der Waals surface area contributed by atoms with E-state index in [2.05, 4.69) is 53.6 Å². The van der Waals surface area contributed by atoms with E-state index in [9.17, 15) is 4.79 Å². The summed E-state index contributed by atoms with van der Waals surface area (Å²) in [4.78, 5) is 29.2. The molecule has 0 spiro atoms. The van der Waals surface area contributed by atoms with Crippen LogP contribution in [0.15, 0.2) is 110 Å². The van der Waals surface area contributed by atoms with E-state index in [-0.39, 0.29) is 5.91 Å². The van der Waals surface area contributed by atoms with Crippen molar-refractivity contribution in [3.05, 3.63) is 115 Å². The summed E-state index contributed by atoms with van der Waals surface area (Å²) in [6.45, 7) is 0. The second kappa shape index (κ2) is 9.92. The van der Waals surface area contributed by atoms with Gasteiger partial charge in [-0.15, -0.1) is 0 Å². The van der Waals surface area contributed by atoms with Gasteiger partial charge in [-0.1, -0.05) is 42.5 Å². The SMILES string of the molecule is O=C(Cc1ccccc1)Nc1cncc(-c2cnc3n[nH]c(-c4cc5c(-c6ccncc6)cccc5[nH]4)c3c2)c1. The van der Waals surface area contributed by atoms with Crippen molar-refractivity contribution in [3.8, 4) is 33.6 Å². The highest BCUT2D eigenvalue weighted by molar-refractivity contribution is 6.01. The molecule has 0 radical (unpaired) electrons. The number of aromatic nitrogens is 6. The lowest BCUT2D eigenvalue weighted by Gasteiger charge is -2.07. The lowest BCUT2D eigenvalue weighted by atomic mass is 10.0. The van der Waals surface area contributed by atoms with Crippen LogP contribution in [0.25, 0.3) is 55.6 Å². The van der Waals surface area contributed by atoms with E-state index in [0.29, 0.717) is 17.8 Å². The number of rotatable bonds is 6. The molecule has 0 saturated heterocycles. The number of fused-ring (bicyclic) bond motifs is 2. The summed E-state index contributed by atoms with van der Waals surface area (Å²) in [5.41, 5.74) is 8.94. The Hall–Kier alpha value is -5.63. The molecule has 1 amide bonds. The molecule has 0 atom stereocenters. The number of nitrogens with zero attached hydrogens (tertiary/aromatic N) is 4. The van der Waals surface area contributed by atoms with Gasteiger partial charge >= 0.3 is 0 Å². The molecule has 0 saturated carbocycles. The van der Waals surface area contributed by atoms with Gasteiger partial charge in [-0.2, -0.15) is 5.10 Å². The zero-order chi connectivity index (χ0) is 26.9. The molecule has 7 aromatic rings. The van der Waals surface area contributed by atoms with Crippen molar-refractivity contribution >= 4 is 33.5 Å². The number of pyridine rings is 3. The minimum Gasteiger partial charge on any atom is -0.353 e. The molecule has 2 aromatic carbocycles. The summed E-state index contributed by atoms with van der Waals surface area (Å²) in [5, 5.41) is 12.6. The zero-order valence-corrected chi connectivity index (χ0v) is 21.3. The monoisotopic (exact) mass is 521 g/mol. The van der Waals surface area contributed by atoms with Gasteiger partial charge in [-0.05, 0) is 53.1 Å². The minimum absolute atomic E-state index is 0.0965. The lowest BCUT2D eigenvalue weighted by Crippen LogP contribution is -2.14. The molecule has 192 valence electrons. The number of H-pyrrole nitrogens is 2. The van der Waals surface area contributed by atoms with Crippen LogP contribution >= 0.6 is 0 Å². The Balaban J connectivity index is 1.21. The van der Waals surface area contributed by atoms with Gasteiger partial charge in [0.15, 0.2) is 5.65 Å². The second-order valence-electron chi connectivity index (χ2n) is 9.55. The Morgan fingerprint density at radius 1 is 0.775 bits per heavy atom. The summed E-state index contributed by atoms with van der Waals surface area (Å²) in [5.74, 6) is -0.0965. The van der Waals surface area contributed by atoms with Crippen molar-refractivity contribution in [1.29, 1.82) is 0 Å². The standard InChI is InChI=1S/C32H23N7O/c40-30(13-20-5-2-1-3-6-20)36-24-14-22(17-34-19-24)23-15-27-31(38-39-32(27)35-18-23)29-16-26-25(7-4-8-28(26)37-29)21-9-11-33-12-10-21/h1-12,14-19,37H,13H2,(H,36,40)(H,35,38,39). The van der Waals surface area contributed by atoms with Gasteiger partial charge < -0.3 is 10.3 Å². The van der Waals surface area contributed by atoms with Gasteiger partial charge in [-0.3, -0.25) is 19.9 Å². The smallest absolute Gasteiger partial charge is 0.228 e. The van der Waals surface area contributed by atoms with Crippen LogP contribution in [0.4, 0.5) is 5.69 Å². The van der Waals surface area contributed by atoms with Crippen molar-refractivity contribution in [1.82, 2.24) is 30.1 Å². The van der Waals surface area contributed by atoms with E-state index in [4.69, 9.17) is 0 Å². The highest BCUT2D eigenvalue weighted by Crippen LogP contribution is 2.34. The molecule has 0 aliphatic carbocycles. The first-order valence-corrected chi connectivity index (χ1v) is 12.9. The van der Waals surface area contributed by atoms with Crippen molar-refractivity contribution < 1.29 is 4.79 Å². The number of aromatic amines is 2. The molecule has 5 heterocycles. The Bertz CT molecular complexity index is 1980. The van der Waals surface area contributed by atoms with Crippen LogP contribution in [-0.4, -0.2) is 36.0 Å². The highest BCUT2D eigenvalue weighted by Gasteiger charge is 2.15. The average Bonchev–Trinajstić information content (AvgIpc) is 3.62. The first-order valence-electron chi connectivity index (χ1n) is 12.9. The molecule has 0 unspecified atom stereocenters. The predicted octanol–water partition coefficient (Wildman–Crippen LogP) is 6.41. The summed E-state index contributed by atoms with van der Waals surface area (Å²) < 4.78 is 0. The summed E-state index contributed by atoms with van der Waals surface area (Å²) in [6, 6.07) is 26.0.